The van der Waals surface area contributed by atoms with Gasteiger partial charge in [-0.15, -0.1) is 0 Å². The predicted molar refractivity (Wildman–Crippen MR) is 123 cm³/mol. The van der Waals surface area contributed by atoms with Crippen LogP contribution in [0.2, 0.25) is 10.0 Å². The van der Waals surface area contributed by atoms with Crippen LogP contribution < -0.4 is 5.56 Å². The van der Waals surface area contributed by atoms with Crippen molar-refractivity contribution in [3.8, 4) is 5.69 Å². The van der Waals surface area contributed by atoms with Crippen LogP contribution >= 0.6 is 35.0 Å². The monoisotopic (exact) mass is 461 g/mol. The van der Waals surface area contributed by atoms with E-state index in [4.69, 9.17) is 23.2 Å². The van der Waals surface area contributed by atoms with Gasteiger partial charge in [0.2, 0.25) is 5.91 Å². The lowest BCUT2D eigenvalue weighted by Gasteiger charge is -2.30. The Morgan fingerprint density at radius 1 is 1.17 bits per heavy atom. The Balaban J connectivity index is 1.72. The number of thioether (sulfide) groups is 1. The summed E-state index contributed by atoms with van der Waals surface area (Å²) >= 11 is 13.8. The summed E-state index contributed by atoms with van der Waals surface area (Å²) in [7, 11) is 0. The number of amides is 1. The smallest absolute Gasteiger partial charge is 0.266 e. The normalized spacial score (nSPS) is 15.0. The predicted octanol–water partition coefficient (Wildman–Crippen LogP) is 5.04. The highest BCUT2D eigenvalue weighted by Crippen LogP contribution is 2.28. The molecule has 1 fully saturated rings. The van der Waals surface area contributed by atoms with Crippen molar-refractivity contribution in [3.05, 3.63) is 62.9 Å². The van der Waals surface area contributed by atoms with Crippen molar-refractivity contribution in [2.24, 2.45) is 5.92 Å². The molecule has 1 aliphatic heterocycles. The lowest BCUT2D eigenvalue weighted by molar-refractivity contribution is -0.129. The molecule has 0 atom stereocenters. The number of hydrogen-bond donors (Lipinski definition) is 0. The average molecular weight is 462 g/mol. The molecule has 1 aromatic heterocycles. The zero-order chi connectivity index (χ0) is 21.3. The molecule has 156 valence electrons. The maximum atomic E-state index is 13.3. The van der Waals surface area contributed by atoms with Crippen LogP contribution in [-0.4, -0.2) is 39.2 Å². The van der Waals surface area contributed by atoms with Crippen LogP contribution in [0.3, 0.4) is 0 Å². The minimum atomic E-state index is -0.244. The van der Waals surface area contributed by atoms with Gasteiger partial charge in [0.15, 0.2) is 5.16 Å². The fraction of sp³-hybridized carbons (Fsp3) is 0.318. The van der Waals surface area contributed by atoms with Gasteiger partial charge in [0.1, 0.15) is 0 Å². The number of rotatable bonds is 4. The Bertz CT molecular complexity index is 1160. The van der Waals surface area contributed by atoms with Gasteiger partial charge in [-0.2, -0.15) is 0 Å². The second kappa shape index (κ2) is 9.00. The van der Waals surface area contributed by atoms with E-state index in [0.717, 1.165) is 25.9 Å². The fourth-order valence-electron chi connectivity index (χ4n) is 3.55. The second-order valence-corrected chi connectivity index (χ2v) is 9.29. The number of halogens is 2. The van der Waals surface area contributed by atoms with E-state index < -0.39 is 0 Å². The quantitative estimate of drug-likeness (QED) is 0.403. The van der Waals surface area contributed by atoms with Gasteiger partial charge in [0.25, 0.3) is 5.56 Å². The molecule has 2 aromatic carbocycles. The van der Waals surface area contributed by atoms with E-state index in [1.54, 1.807) is 36.4 Å². The number of nitrogens with zero attached hydrogens (tertiary/aromatic N) is 3. The molecule has 30 heavy (non-hydrogen) atoms. The lowest BCUT2D eigenvalue weighted by Crippen LogP contribution is -2.39. The van der Waals surface area contributed by atoms with E-state index in [9.17, 15) is 9.59 Å². The molecule has 5 nitrogen and oxygen atoms in total. The summed E-state index contributed by atoms with van der Waals surface area (Å²) in [5.74, 6) is 0.911. The molecular weight excluding hydrogens is 441 g/mol. The lowest BCUT2D eigenvalue weighted by atomic mass is 9.99. The van der Waals surface area contributed by atoms with Crippen molar-refractivity contribution in [1.29, 1.82) is 0 Å². The molecule has 1 saturated heterocycles. The Kier molecular flexibility index (Phi) is 6.37. The topological polar surface area (TPSA) is 55.2 Å². The van der Waals surface area contributed by atoms with Gasteiger partial charge in [-0.25, -0.2) is 4.98 Å². The molecule has 8 heteroatoms. The van der Waals surface area contributed by atoms with E-state index in [1.165, 1.54) is 16.3 Å². The Morgan fingerprint density at radius 3 is 2.67 bits per heavy atom. The first-order valence-corrected chi connectivity index (χ1v) is 11.6. The van der Waals surface area contributed by atoms with E-state index in [-0.39, 0.29) is 17.2 Å². The van der Waals surface area contributed by atoms with Crippen LogP contribution in [0.25, 0.3) is 16.6 Å². The minimum absolute atomic E-state index is 0.0537. The molecule has 0 aliphatic carbocycles. The van der Waals surface area contributed by atoms with E-state index in [0.29, 0.717) is 37.7 Å². The summed E-state index contributed by atoms with van der Waals surface area (Å²) in [5, 5.41) is 1.75. The number of piperidine rings is 1. The van der Waals surface area contributed by atoms with Crippen LogP contribution in [0.4, 0.5) is 0 Å². The highest BCUT2D eigenvalue weighted by atomic mass is 35.5. The van der Waals surface area contributed by atoms with Crippen LogP contribution in [0.5, 0.6) is 0 Å². The summed E-state index contributed by atoms with van der Waals surface area (Å²) in [4.78, 5) is 32.6. The van der Waals surface area contributed by atoms with Crippen molar-refractivity contribution in [3.63, 3.8) is 0 Å². The number of carbonyl (C=O) groups excluding carboxylic acids is 1. The van der Waals surface area contributed by atoms with Crippen molar-refractivity contribution in [2.45, 2.75) is 24.9 Å². The number of carbonyl (C=O) groups is 1. The van der Waals surface area contributed by atoms with Gasteiger partial charge in [-0.3, -0.25) is 14.2 Å². The summed E-state index contributed by atoms with van der Waals surface area (Å²) < 4.78 is 1.45. The molecule has 0 spiro atoms. The number of para-hydroxylation sites is 1. The van der Waals surface area contributed by atoms with Gasteiger partial charge < -0.3 is 4.90 Å². The first-order valence-electron chi connectivity index (χ1n) is 9.82. The van der Waals surface area contributed by atoms with Gasteiger partial charge in [-0.1, -0.05) is 54.0 Å². The summed E-state index contributed by atoms with van der Waals surface area (Å²) in [6, 6.07) is 12.1. The third kappa shape index (κ3) is 4.36. The molecule has 4 rings (SSSR count). The Labute approximate surface area is 189 Å². The summed E-state index contributed by atoms with van der Waals surface area (Å²) in [6.07, 6.45) is 2.04. The van der Waals surface area contributed by atoms with Crippen molar-refractivity contribution in [1.82, 2.24) is 14.5 Å². The first-order chi connectivity index (χ1) is 14.4. The van der Waals surface area contributed by atoms with Crippen LogP contribution in [0, 0.1) is 5.92 Å². The SMILES string of the molecule is CC1CCN(C(=O)CSc2nc3ccccc3c(=O)n2-c2cc(Cl)ccc2Cl)CC1. The molecule has 3 aromatic rings. The molecule has 1 aliphatic rings. The number of hydrogen-bond acceptors (Lipinski definition) is 4. The van der Waals surface area contributed by atoms with Crippen LogP contribution in [-0.2, 0) is 4.79 Å². The van der Waals surface area contributed by atoms with Crippen molar-refractivity contribution in [2.75, 3.05) is 18.8 Å². The second-order valence-electron chi connectivity index (χ2n) is 7.50. The minimum Gasteiger partial charge on any atom is -0.342 e. The zero-order valence-electron chi connectivity index (χ0n) is 16.5. The molecule has 0 radical (unpaired) electrons. The number of aromatic nitrogens is 2. The third-order valence-corrected chi connectivity index (χ3v) is 6.83. The molecule has 0 bridgehead atoms. The van der Waals surface area contributed by atoms with Gasteiger partial charge in [-0.05, 0) is 49.1 Å². The Hall–Kier alpha value is -2.02. The van der Waals surface area contributed by atoms with E-state index in [2.05, 4.69) is 11.9 Å². The van der Waals surface area contributed by atoms with Gasteiger partial charge in [0.05, 0.1) is 27.4 Å². The summed E-state index contributed by atoms with van der Waals surface area (Å²) in [5.41, 5.74) is 0.791. The summed E-state index contributed by atoms with van der Waals surface area (Å²) in [6.45, 7) is 3.76. The third-order valence-electron chi connectivity index (χ3n) is 5.36. The van der Waals surface area contributed by atoms with E-state index >= 15 is 0 Å². The maximum absolute atomic E-state index is 13.3. The van der Waals surface area contributed by atoms with Crippen molar-refractivity contribution >= 4 is 51.8 Å². The number of benzene rings is 2. The number of fused-ring (bicyclic) bond motifs is 1. The molecule has 0 unspecified atom stereocenters. The van der Waals surface area contributed by atoms with Crippen molar-refractivity contribution < 1.29 is 4.79 Å². The first kappa shape index (κ1) is 21.2. The number of likely N-dealkylation sites (tertiary alicyclic amines) is 1. The van der Waals surface area contributed by atoms with Crippen LogP contribution in [0.1, 0.15) is 19.8 Å². The molecular formula is C22H21Cl2N3O2S. The van der Waals surface area contributed by atoms with Gasteiger partial charge in [0, 0.05) is 18.1 Å². The fourth-order valence-corrected chi connectivity index (χ4v) is 4.83. The van der Waals surface area contributed by atoms with Gasteiger partial charge >= 0.3 is 0 Å². The zero-order valence-corrected chi connectivity index (χ0v) is 18.8. The van der Waals surface area contributed by atoms with Crippen LogP contribution in [0.15, 0.2) is 52.4 Å². The standard InChI is InChI=1S/C22H21Cl2N3O2S/c1-14-8-10-26(11-9-14)20(28)13-30-22-25-18-5-3-2-4-16(18)21(29)27(22)19-12-15(23)6-7-17(19)24/h2-7,12,14H,8-11,13H2,1H3. The highest BCUT2D eigenvalue weighted by molar-refractivity contribution is 7.99. The maximum Gasteiger partial charge on any atom is 0.266 e. The molecule has 0 saturated carbocycles. The largest absolute Gasteiger partial charge is 0.342 e. The van der Waals surface area contributed by atoms with E-state index in [1.807, 2.05) is 11.0 Å². The average Bonchev–Trinajstić information content (AvgIpc) is 2.74. The molecule has 2 heterocycles. The molecule has 1 amide bonds. The molecule has 0 N–H and O–H groups in total. The highest BCUT2D eigenvalue weighted by Gasteiger charge is 2.22. The Morgan fingerprint density at radius 2 is 1.90 bits per heavy atom.